The molecule has 0 aliphatic heterocycles. The third kappa shape index (κ3) is 2.75. The second-order valence-electron chi connectivity index (χ2n) is 4.29. The Hall–Kier alpha value is -2.73. The first-order valence-electron chi connectivity index (χ1n) is 6.26. The molecule has 6 heteroatoms. The quantitative estimate of drug-likeness (QED) is 0.778. The fourth-order valence-electron chi connectivity index (χ4n) is 1.91. The number of amides is 1. The molecule has 0 spiro atoms. The summed E-state index contributed by atoms with van der Waals surface area (Å²) in [5.74, 6) is -0.0165. The molecule has 0 bridgehead atoms. The van der Waals surface area contributed by atoms with Crippen LogP contribution in [0.15, 0.2) is 54.2 Å². The van der Waals surface area contributed by atoms with Crippen LogP contribution in [-0.4, -0.2) is 15.9 Å². The Morgan fingerprint density at radius 3 is 2.67 bits per heavy atom. The van der Waals surface area contributed by atoms with Gasteiger partial charge in [0, 0.05) is 6.20 Å². The fourth-order valence-corrected chi connectivity index (χ4v) is 2.70. The van der Waals surface area contributed by atoms with Crippen LogP contribution in [-0.2, 0) is 0 Å². The van der Waals surface area contributed by atoms with Crippen molar-refractivity contribution < 1.29 is 4.79 Å². The molecule has 2 heterocycles. The van der Waals surface area contributed by atoms with Crippen molar-refractivity contribution in [3.63, 3.8) is 0 Å². The van der Waals surface area contributed by atoms with Crippen LogP contribution < -0.4 is 11.1 Å². The summed E-state index contributed by atoms with van der Waals surface area (Å²) >= 11 is 1.43. The van der Waals surface area contributed by atoms with Gasteiger partial charge in [0.1, 0.15) is 11.5 Å². The molecule has 1 aromatic carbocycles. The van der Waals surface area contributed by atoms with Gasteiger partial charge in [0.2, 0.25) is 0 Å². The van der Waals surface area contributed by atoms with Crippen LogP contribution in [0.4, 0.5) is 11.5 Å². The molecule has 0 fully saturated rings. The zero-order valence-corrected chi connectivity index (χ0v) is 11.8. The lowest BCUT2D eigenvalue weighted by molar-refractivity contribution is 0.102. The summed E-state index contributed by atoms with van der Waals surface area (Å²) in [7, 11) is 0. The van der Waals surface area contributed by atoms with Gasteiger partial charge < -0.3 is 11.1 Å². The maximum absolute atomic E-state index is 12.4. The summed E-state index contributed by atoms with van der Waals surface area (Å²) < 4.78 is 0. The molecule has 0 radical (unpaired) electrons. The van der Waals surface area contributed by atoms with E-state index >= 15 is 0 Å². The first-order chi connectivity index (χ1) is 10.3. The molecule has 1 amide bonds. The molecular formula is C15H12N4OS. The molecule has 2 aromatic heterocycles. The molecular weight excluding hydrogens is 284 g/mol. The molecule has 5 nitrogen and oxygen atoms in total. The number of rotatable bonds is 3. The third-order valence-corrected chi connectivity index (χ3v) is 3.78. The van der Waals surface area contributed by atoms with Crippen molar-refractivity contribution in [2.24, 2.45) is 0 Å². The Morgan fingerprint density at radius 2 is 1.90 bits per heavy atom. The number of hydrogen-bond donors (Lipinski definition) is 2. The van der Waals surface area contributed by atoms with E-state index in [0.717, 1.165) is 10.4 Å². The highest BCUT2D eigenvalue weighted by molar-refractivity contribution is 7.13. The van der Waals surface area contributed by atoms with Crippen molar-refractivity contribution in [2.45, 2.75) is 0 Å². The molecule has 3 N–H and O–H groups in total. The number of benzene rings is 1. The van der Waals surface area contributed by atoms with Crippen molar-refractivity contribution >= 4 is 28.7 Å². The van der Waals surface area contributed by atoms with Crippen molar-refractivity contribution in [1.29, 1.82) is 0 Å². The molecule has 0 saturated heterocycles. The third-order valence-electron chi connectivity index (χ3n) is 2.91. The minimum atomic E-state index is -0.296. The molecule has 104 valence electrons. The Bertz CT molecular complexity index is 770. The van der Waals surface area contributed by atoms with Gasteiger partial charge in [-0.1, -0.05) is 30.3 Å². The lowest BCUT2D eigenvalue weighted by Crippen LogP contribution is -2.14. The number of nitrogens with two attached hydrogens (primary N) is 1. The van der Waals surface area contributed by atoms with Gasteiger partial charge in [-0.15, -0.1) is 11.3 Å². The SMILES string of the molecule is Nc1ncccc1NC(=O)c1ncsc1-c1ccccc1. The fraction of sp³-hybridized carbons (Fsp3) is 0. The highest BCUT2D eigenvalue weighted by Gasteiger charge is 2.17. The van der Waals surface area contributed by atoms with E-state index in [4.69, 9.17) is 5.73 Å². The van der Waals surface area contributed by atoms with E-state index in [2.05, 4.69) is 15.3 Å². The van der Waals surface area contributed by atoms with Crippen molar-refractivity contribution in [2.75, 3.05) is 11.1 Å². The smallest absolute Gasteiger partial charge is 0.275 e. The van der Waals surface area contributed by atoms with Gasteiger partial charge in [0.25, 0.3) is 5.91 Å². The maximum atomic E-state index is 12.4. The number of pyridine rings is 1. The number of aromatic nitrogens is 2. The van der Waals surface area contributed by atoms with E-state index in [1.165, 1.54) is 11.3 Å². The normalized spacial score (nSPS) is 10.3. The van der Waals surface area contributed by atoms with Gasteiger partial charge in [-0.05, 0) is 17.7 Å². The molecule has 0 saturated carbocycles. The summed E-state index contributed by atoms with van der Waals surface area (Å²) in [4.78, 5) is 21.3. The second-order valence-corrected chi connectivity index (χ2v) is 5.14. The zero-order valence-electron chi connectivity index (χ0n) is 11.0. The van der Waals surface area contributed by atoms with E-state index in [-0.39, 0.29) is 11.7 Å². The van der Waals surface area contributed by atoms with Crippen molar-refractivity contribution in [3.05, 3.63) is 59.9 Å². The van der Waals surface area contributed by atoms with Crippen LogP contribution in [0.5, 0.6) is 0 Å². The van der Waals surface area contributed by atoms with Crippen LogP contribution in [0.2, 0.25) is 0 Å². The van der Waals surface area contributed by atoms with Gasteiger partial charge in [-0.3, -0.25) is 4.79 Å². The molecule has 3 rings (SSSR count). The average Bonchev–Trinajstić information content (AvgIpc) is 3.00. The largest absolute Gasteiger partial charge is 0.382 e. The lowest BCUT2D eigenvalue weighted by atomic mass is 10.1. The predicted octanol–water partition coefficient (Wildman–Crippen LogP) is 3.04. The van der Waals surface area contributed by atoms with Crippen LogP contribution in [0.1, 0.15) is 10.5 Å². The molecule has 0 aliphatic carbocycles. The van der Waals surface area contributed by atoms with Gasteiger partial charge in [0.15, 0.2) is 0 Å². The number of hydrogen-bond acceptors (Lipinski definition) is 5. The van der Waals surface area contributed by atoms with E-state index in [1.54, 1.807) is 23.8 Å². The summed E-state index contributed by atoms with van der Waals surface area (Å²) in [6.45, 7) is 0. The number of nitrogen functional groups attached to an aromatic ring is 1. The lowest BCUT2D eigenvalue weighted by Gasteiger charge is -2.07. The molecule has 0 atom stereocenters. The van der Waals surface area contributed by atoms with Crippen LogP contribution in [0.3, 0.4) is 0 Å². The van der Waals surface area contributed by atoms with Crippen molar-refractivity contribution in [1.82, 2.24) is 9.97 Å². The molecule has 0 unspecified atom stereocenters. The summed E-state index contributed by atoms with van der Waals surface area (Å²) in [5.41, 5.74) is 9.21. The Balaban J connectivity index is 1.90. The molecule has 0 aliphatic rings. The number of nitrogens with one attached hydrogen (secondary N) is 1. The topological polar surface area (TPSA) is 80.9 Å². The van der Waals surface area contributed by atoms with Crippen LogP contribution in [0, 0.1) is 0 Å². The van der Waals surface area contributed by atoms with Crippen LogP contribution >= 0.6 is 11.3 Å². The van der Waals surface area contributed by atoms with E-state index < -0.39 is 0 Å². The number of carbonyl (C=O) groups is 1. The maximum Gasteiger partial charge on any atom is 0.275 e. The molecule has 3 aromatic rings. The Kier molecular flexibility index (Phi) is 3.61. The van der Waals surface area contributed by atoms with Gasteiger partial charge in [0.05, 0.1) is 16.1 Å². The van der Waals surface area contributed by atoms with E-state index in [1.807, 2.05) is 30.3 Å². The highest BCUT2D eigenvalue weighted by atomic mass is 32.1. The van der Waals surface area contributed by atoms with Gasteiger partial charge in [-0.2, -0.15) is 0 Å². The number of carbonyl (C=O) groups excluding carboxylic acids is 1. The van der Waals surface area contributed by atoms with Crippen LogP contribution in [0.25, 0.3) is 10.4 Å². The predicted molar refractivity (Wildman–Crippen MR) is 84.2 cm³/mol. The minimum absolute atomic E-state index is 0.280. The summed E-state index contributed by atoms with van der Waals surface area (Å²) in [5, 5.41) is 2.74. The van der Waals surface area contributed by atoms with Crippen molar-refractivity contribution in [3.8, 4) is 10.4 Å². The van der Waals surface area contributed by atoms with Gasteiger partial charge in [-0.25, -0.2) is 9.97 Å². The summed E-state index contributed by atoms with van der Waals surface area (Å²) in [6.07, 6.45) is 1.57. The summed E-state index contributed by atoms with van der Waals surface area (Å²) in [6, 6.07) is 13.1. The standard InChI is InChI=1S/C15H12N4OS/c16-14-11(7-4-8-17-14)19-15(20)12-13(21-9-18-12)10-5-2-1-3-6-10/h1-9H,(H2,16,17)(H,19,20). The van der Waals surface area contributed by atoms with Gasteiger partial charge >= 0.3 is 0 Å². The monoisotopic (exact) mass is 296 g/mol. The minimum Gasteiger partial charge on any atom is -0.382 e. The van der Waals surface area contributed by atoms with E-state index in [0.29, 0.717) is 11.4 Å². The Morgan fingerprint density at radius 1 is 1.10 bits per heavy atom. The first kappa shape index (κ1) is 13.3. The van der Waals surface area contributed by atoms with E-state index in [9.17, 15) is 4.79 Å². The first-order valence-corrected chi connectivity index (χ1v) is 7.14. The zero-order chi connectivity index (χ0) is 14.7. The number of thiazole rings is 1. The number of anilines is 2. The second kappa shape index (κ2) is 5.72. The highest BCUT2D eigenvalue weighted by Crippen LogP contribution is 2.28. The number of nitrogens with zero attached hydrogens (tertiary/aromatic N) is 2. The molecule has 21 heavy (non-hydrogen) atoms. The average molecular weight is 296 g/mol. The Labute approximate surface area is 125 Å².